The molecule has 2 amide bonds. The summed E-state index contributed by atoms with van der Waals surface area (Å²) in [6, 6.07) is 0. The standard InChI is InChI=1S/C17H17BrNO.C8H16NO.C2H6.CH3.Na/c1-3-16(20)19-15-7-5-4-6-13-11(2)8-9-12(17(19)18)10-14(13)15;1-5-9(6-2)8(10)7(3)4;1-2;;/h4-8,13H,2-3,9-10H2,1H3;7H,3,5-6H2,1-2,4H3;1-2H3;1H3;/q2*-1;;-1;+1/t;7-;;;/m.0.../s1. The molecule has 186 valence electrons. The fourth-order valence-electron chi connectivity index (χ4n) is 3.82. The molecular weight excluding hydrogens is 499 g/mol. The van der Waals surface area contributed by atoms with E-state index in [-0.39, 0.29) is 60.6 Å². The molecule has 0 spiro atoms. The van der Waals surface area contributed by atoms with E-state index in [4.69, 9.17) is 0 Å². The van der Waals surface area contributed by atoms with Crippen molar-refractivity contribution in [2.45, 2.75) is 60.8 Å². The van der Waals surface area contributed by atoms with Crippen LogP contribution in [0.15, 0.2) is 57.9 Å². The number of carbonyl (C=O) groups is 2. The number of rotatable bonds is 4. The van der Waals surface area contributed by atoms with Gasteiger partial charge in [0, 0.05) is 25.2 Å². The molecule has 3 aliphatic rings. The van der Waals surface area contributed by atoms with Gasteiger partial charge in [-0.2, -0.15) is 0 Å². The van der Waals surface area contributed by atoms with Gasteiger partial charge in [0.05, 0.1) is 4.61 Å². The maximum Gasteiger partial charge on any atom is 1.00 e. The van der Waals surface area contributed by atoms with E-state index < -0.39 is 0 Å². The molecule has 2 bridgehead atoms. The Labute approximate surface area is 239 Å². The summed E-state index contributed by atoms with van der Waals surface area (Å²) in [7, 11) is 0. The van der Waals surface area contributed by atoms with E-state index in [0.717, 1.165) is 41.8 Å². The van der Waals surface area contributed by atoms with Crippen molar-refractivity contribution in [1.29, 1.82) is 0 Å². The molecule has 0 aromatic rings. The molecule has 4 nitrogen and oxygen atoms in total. The van der Waals surface area contributed by atoms with Crippen molar-refractivity contribution in [2.24, 2.45) is 11.8 Å². The quantitative estimate of drug-likeness (QED) is 0.304. The average Bonchev–Trinajstić information content (AvgIpc) is 3.09. The van der Waals surface area contributed by atoms with Crippen molar-refractivity contribution in [3.05, 3.63) is 78.7 Å². The van der Waals surface area contributed by atoms with Crippen LogP contribution in [0.25, 0.3) is 0 Å². The van der Waals surface area contributed by atoms with Crippen LogP contribution < -0.4 is 29.6 Å². The van der Waals surface area contributed by atoms with Gasteiger partial charge < -0.3 is 19.3 Å². The number of hydrogen-bond acceptors (Lipinski definition) is 2. The Kier molecular flexibility index (Phi) is 18.0. The molecule has 0 aromatic heterocycles. The predicted molar refractivity (Wildman–Crippen MR) is 145 cm³/mol. The zero-order valence-corrected chi connectivity index (χ0v) is 26.2. The van der Waals surface area contributed by atoms with Gasteiger partial charge in [-0.15, -0.1) is 0 Å². The largest absolute Gasteiger partial charge is 1.00 e. The van der Waals surface area contributed by atoms with Crippen LogP contribution in [0.2, 0.25) is 0 Å². The molecule has 1 fully saturated rings. The minimum absolute atomic E-state index is 0. The minimum atomic E-state index is -0.111. The fourth-order valence-corrected chi connectivity index (χ4v) is 4.51. The maximum atomic E-state index is 12.4. The van der Waals surface area contributed by atoms with Crippen LogP contribution in [0.3, 0.4) is 0 Å². The van der Waals surface area contributed by atoms with Crippen LogP contribution in [-0.2, 0) is 9.59 Å². The smallest absolute Gasteiger partial charge is 0.358 e. The van der Waals surface area contributed by atoms with Crippen LogP contribution >= 0.6 is 15.9 Å². The van der Waals surface area contributed by atoms with E-state index in [0.29, 0.717) is 6.42 Å². The second kappa shape index (κ2) is 17.4. The maximum absolute atomic E-state index is 12.4. The summed E-state index contributed by atoms with van der Waals surface area (Å²) in [5.41, 5.74) is 4.68. The van der Waals surface area contributed by atoms with E-state index in [1.165, 1.54) is 11.1 Å². The Morgan fingerprint density at radius 1 is 1.26 bits per heavy atom. The Balaban J connectivity index is 0. The summed E-state index contributed by atoms with van der Waals surface area (Å²) in [4.78, 5) is 27.1. The molecular formula is C28H42BrN2NaO2-2. The molecule has 0 radical (unpaired) electrons. The molecule has 0 aromatic carbocycles. The van der Waals surface area contributed by atoms with Crippen LogP contribution in [0, 0.1) is 32.6 Å². The SMILES string of the molecule is C=C1[CH-]CC2=C(Br)N(C(=O)CC)C3=C(C2)C1C=CC=C3.CC.[CH2-][C@@H](C)C(=O)N(CC)CC.[CH3-].[Na+]. The van der Waals surface area contributed by atoms with Crippen LogP contribution in [0.4, 0.5) is 0 Å². The summed E-state index contributed by atoms with van der Waals surface area (Å²) in [6.07, 6.45) is 12.7. The first-order valence-electron chi connectivity index (χ1n) is 11.7. The molecule has 2 aliphatic carbocycles. The summed E-state index contributed by atoms with van der Waals surface area (Å²) in [5.74, 6) is 0.370. The summed E-state index contributed by atoms with van der Waals surface area (Å²) in [5, 5.41) is 0. The number of halogens is 1. The van der Waals surface area contributed by atoms with Crippen molar-refractivity contribution < 1.29 is 39.1 Å². The number of carbonyl (C=O) groups excluding carboxylic acids is 2. The van der Waals surface area contributed by atoms with Crippen LogP contribution in [0.5, 0.6) is 0 Å². The first kappa shape index (κ1) is 35.2. The van der Waals surface area contributed by atoms with Crippen molar-refractivity contribution in [3.8, 4) is 0 Å². The number of allylic oxidation sites excluding steroid dienone is 7. The third kappa shape index (κ3) is 8.58. The molecule has 0 N–H and O–H groups in total. The molecule has 2 atom stereocenters. The van der Waals surface area contributed by atoms with Crippen LogP contribution in [0.1, 0.15) is 60.8 Å². The average molecular weight is 542 g/mol. The topological polar surface area (TPSA) is 40.6 Å². The zero-order chi connectivity index (χ0) is 24.4. The predicted octanol–water partition coefficient (Wildman–Crippen LogP) is 4.20. The second-order valence-corrected chi connectivity index (χ2v) is 8.43. The van der Waals surface area contributed by atoms with E-state index in [2.05, 4.69) is 48.0 Å². The van der Waals surface area contributed by atoms with Gasteiger partial charge in [-0.3, -0.25) is 14.5 Å². The number of fused-ring (bicyclic) bond motifs is 1. The Morgan fingerprint density at radius 3 is 2.32 bits per heavy atom. The van der Waals surface area contributed by atoms with Gasteiger partial charge >= 0.3 is 29.6 Å². The van der Waals surface area contributed by atoms with Crippen molar-refractivity contribution in [2.75, 3.05) is 13.1 Å². The normalized spacial score (nSPS) is 18.4. The second-order valence-electron chi connectivity index (χ2n) is 7.68. The van der Waals surface area contributed by atoms with Gasteiger partial charge in [0.1, 0.15) is 0 Å². The van der Waals surface area contributed by atoms with Gasteiger partial charge in [-0.25, -0.2) is 18.6 Å². The van der Waals surface area contributed by atoms with E-state index in [9.17, 15) is 9.59 Å². The fraction of sp³-hybridized carbons (Fsp3) is 0.464. The van der Waals surface area contributed by atoms with E-state index in [1.54, 1.807) is 4.90 Å². The first-order chi connectivity index (χ1) is 15.3. The van der Waals surface area contributed by atoms with E-state index in [1.807, 2.05) is 58.6 Å². The number of nitrogens with zero attached hydrogens (tertiary/aromatic N) is 2. The monoisotopic (exact) mass is 540 g/mol. The van der Waals surface area contributed by atoms with Gasteiger partial charge in [0.25, 0.3) is 0 Å². The molecule has 3 rings (SSSR count). The molecule has 34 heavy (non-hydrogen) atoms. The Morgan fingerprint density at radius 2 is 1.85 bits per heavy atom. The number of hydrogen-bond donors (Lipinski definition) is 0. The first-order valence-corrected chi connectivity index (χ1v) is 12.5. The molecule has 1 saturated carbocycles. The zero-order valence-electron chi connectivity index (χ0n) is 22.6. The molecule has 1 heterocycles. The summed E-state index contributed by atoms with van der Waals surface area (Å²) in [6.45, 7) is 21.1. The molecule has 6 heteroatoms. The molecule has 1 unspecified atom stereocenters. The summed E-state index contributed by atoms with van der Waals surface area (Å²) >= 11 is 3.64. The minimum Gasteiger partial charge on any atom is -0.358 e. The van der Waals surface area contributed by atoms with Gasteiger partial charge in [-0.1, -0.05) is 58.3 Å². The van der Waals surface area contributed by atoms with E-state index >= 15 is 0 Å². The Hall–Kier alpha value is -1.01. The molecule has 0 saturated heterocycles. The van der Waals surface area contributed by atoms with Crippen molar-refractivity contribution >= 4 is 27.7 Å². The van der Waals surface area contributed by atoms with Crippen molar-refractivity contribution in [3.63, 3.8) is 0 Å². The third-order valence-electron chi connectivity index (χ3n) is 5.56. The summed E-state index contributed by atoms with van der Waals surface area (Å²) < 4.78 is 0.916. The molecule has 1 aliphatic heterocycles. The van der Waals surface area contributed by atoms with Gasteiger partial charge in [-0.05, 0) is 59.3 Å². The van der Waals surface area contributed by atoms with Crippen molar-refractivity contribution in [1.82, 2.24) is 9.80 Å². The van der Waals surface area contributed by atoms with Gasteiger partial charge in [0.15, 0.2) is 5.91 Å². The number of amides is 2. The van der Waals surface area contributed by atoms with Gasteiger partial charge in [0.2, 0.25) is 5.91 Å². The Bertz CT molecular complexity index is 820. The van der Waals surface area contributed by atoms with Crippen LogP contribution in [-0.4, -0.2) is 34.7 Å². The third-order valence-corrected chi connectivity index (χ3v) is 6.48.